The van der Waals surface area contributed by atoms with E-state index < -0.39 is 0 Å². The van der Waals surface area contributed by atoms with Crippen molar-refractivity contribution in [2.45, 2.75) is 44.9 Å². The van der Waals surface area contributed by atoms with Crippen molar-refractivity contribution >= 4 is 33.7 Å². The standard InChI is InChI=1S/C15H21N5OS2/c1-15(2,3)13-19-20-14(23-13)18-11(21)10-8-22-12(17-10)9-4-6-16-7-5-9/h8-9,16H,4-7H2,1-3H3,(H,18,20,21). The summed E-state index contributed by atoms with van der Waals surface area (Å²) in [6.07, 6.45) is 2.17. The molecule has 0 atom stereocenters. The number of nitrogens with one attached hydrogen (secondary N) is 2. The third-order valence-corrected chi connectivity index (χ3v) is 6.00. The zero-order valence-electron chi connectivity index (χ0n) is 13.5. The van der Waals surface area contributed by atoms with E-state index in [1.807, 2.05) is 5.38 Å². The molecule has 8 heteroatoms. The highest BCUT2D eigenvalue weighted by molar-refractivity contribution is 7.15. The van der Waals surface area contributed by atoms with Gasteiger partial charge in [-0.3, -0.25) is 10.1 Å². The van der Waals surface area contributed by atoms with Gasteiger partial charge in [-0.05, 0) is 25.9 Å². The number of amides is 1. The third kappa shape index (κ3) is 3.94. The highest BCUT2D eigenvalue weighted by atomic mass is 32.1. The second-order valence-corrected chi connectivity index (χ2v) is 8.58. The molecule has 0 aromatic carbocycles. The van der Waals surface area contributed by atoms with Crippen molar-refractivity contribution in [1.29, 1.82) is 0 Å². The van der Waals surface area contributed by atoms with Crippen LogP contribution in [-0.4, -0.2) is 34.2 Å². The fraction of sp³-hybridized carbons (Fsp3) is 0.600. The van der Waals surface area contributed by atoms with Crippen LogP contribution in [0.2, 0.25) is 0 Å². The molecule has 1 fully saturated rings. The number of nitrogens with zero attached hydrogens (tertiary/aromatic N) is 3. The van der Waals surface area contributed by atoms with Gasteiger partial charge in [0.25, 0.3) is 5.91 Å². The minimum absolute atomic E-state index is 0.0660. The summed E-state index contributed by atoms with van der Waals surface area (Å²) in [5, 5.41) is 18.7. The Kier molecular flexibility index (Phi) is 4.74. The lowest BCUT2D eigenvalue weighted by Crippen LogP contribution is -2.26. The Labute approximate surface area is 143 Å². The molecule has 23 heavy (non-hydrogen) atoms. The topological polar surface area (TPSA) is 79.8 Å². The van der Waals surface area contributed by atoms with Crippen LogP contribution in [0.25, 0.3) is 0 Å². The van der Waals surface area contributed by atoms with Crippen LogP contribution in [0.15, 0.2) is 5.38 Å². The monoisotopic (exact) mass is 351 g/mol. The highest BCUT2D eigenvalue weighted by Crippen LogP contribution is 2.29. The molecule has 0 radical (unpaired) electrons. The van der Waals surface area contributed by atoms with E-state index in [9.17, 15) is 4.79 Å². The number of carbonyl (C=O) groups excluding carboxylic acids is 1. The van der Waals surface area contributed by atoms with Crippen LogP contribution in [0.3, 0.4) is 0 Å². The van der Waals surface area contributed by atoms with E-state index in [-0.39, 0.29) is 11.3 Å². The summed E-state index contributed by atoms with van der Waals surface area (Å²) in [7, 11) is 0. The van der Waals surface area contributed by atoms with Gasteiger partial charge in [0.15, 0.2) is 0 Å². The van der Waals surface area contributed by atoms with Crippen molar-refractivity contribution in [2.75, 3.05) is 18.4 Å². The summed E-state index contributed by atoms with van der Waals surface area (Å²) in [6.45, 7) is 8.26. The molecule has 124 valence electrons. The average Bonchev–Trinajstić information content (AvgIpc) is 3.16. The predicted octanol–water partition coefficient (Wildman–Crippen LogP) is 3.01. The lowest BCUT2D eigenvalue weighted by atomic mass is 9.98. The second kappa shape index (κ2) is 6.62. The van der Waals surface area contributed by atoms with Crippen molar-refractivity contribution in [3.8, 4) is 0 Å². The minimum Gasteiger partial charge on any atom is -0.317 e. The van der Waals surface area contributed by atoms with Crippen molar-refractivity contribution < 1.29 is 4.79 Å². The number of rotatable bonds is 3. The van der Waals surface area contributed by atoms with Crippen LogP contribution in [0.5, 0.6) is 0 Å². The molecule has 1 aliphatic heterocycles. The van der Waals surface area contributed by atoms with Gasteiger partial charge >= 0.3 is 0 Å². The summed E-state index contributed by atoms with van der Waals surface area (Å²) in [6, 6.07) is 0. The van der Waals surface area contributed by atoms with Crippen molar-refractivity contribution in [1.82, 2.24) is 20.5 Å². The van der Waals surface area contributed by atoms with E-state index in [1.165, 1.54) is 11.3 Å². The van der Waals surface area contributed by atoms with Gasteiger partial charge in [0.05, 0.1) is 5.01 Å². The molecule has 0 bridgehead atoms. The van der Waals surface area contributed by atoms with Crippen LogP contribution >= 0.6 is 22.7 Å². The number of thiazole rings is 1. The molecule has 0 spiro atoms. The van der Waals surface area contributed by atoms with Gasteiger partial charge < -0.3 is 5.32 Å². The van der Waals surface area contributed by atoms with Crippen molar-refractivity contribution in [2.24, 2.45) is 0 Å². The summed E-state index contributed by atoms with van der Waals surface area (Å²) < 4.78 is 0. The number of piperidine rings is 1. The molecular formula is C15H21N5OS2. The first-order valence-corrected chi connectivity index (χ1v) is 9.44. The number of carbonyl (C=O) groups is 1. The van der Waals surface area contributed by atoms with Gasteiger partial charge in [0.1, 0.15) is 10.7 Å². The van der Waals surface area contributed by atoms with E-state index in [1.54, 1.807) is 11.3 Å². The SMILES string of the molecule is CC(C)(C)c1nnc(NC(=O)c2csc(C3CCNCC3)n2)s1. The number of hydrogen-bond acceptors (Lipinski definition) is 7. The quantitative estimate of drug-likeness (QED) is 0.888. The Morgan fingerprint density at radius 3 is 2.70 bits per heavy atom. The van der Waals surface area contributed by atoms with Crippen molar-refractivity contribution in [3.05, 3.63) is 21.1 Å². The van der Waals surface area contributed by atoms with Crippen LogP contribution < -0.4 is 10.6 Å². The van der Waals surface area contributed by atoms with E-state index in [2.05, 4.69) is 46.6 Å². The molecule has 2 N–H and O–H groups in total. The Morgan fingerprint density at radius 1 is 1.30 bits per heavy atom. The van der Waals surface area contributed by atoms with Crippen molar-refractivity contribution in [3.63, 3.8) is 0 Å². The van der Waals surface area contributed by atoms with Gasteiger partial charge in [-0.1, -0.05) is 32.1 Å². The average molecular weight is 352 g/mol. The van der Waals surface area contributed by atoms with Gasteiger partial charge in [-0.25, -0.2) is 4.98 Å². The van der Waals surface area contributed by atoms with Gasteiger partial charge in [-0.15, -0.1) is 21.5 Å². The molecule has 0 aliphatic carbocycles. The summed E-state index contributed by atoms with van der Waals surface area (Å²) in [5.74, 6) is 0.259. The van der Waals surface area contributed by atoms with Crippen LogP contribution in [0, 0.1) is 0 Å². The molecule has 2 aromatic rings. The van der Waals surface area contributed by atoms with Crippen LogP contribution in [0.1, 0.15) is 60.0 Å². The number of anilines is 1. The van der Waals surface area contributed by atoms with Gasteiger partial charge in [0, 0.05) is 16.7 Å². The van der Waals surface area contributed by atoms with E-state index >= 15 is 0 Å². The maximum atomic E-state index is 12.3. The fourth-order valence-electron chi connectivity index (χ4n) is 2.39. The molecule has 3 heterocycles. The lowest BCUT2D eigenvalue weighted by Gasteiger charge is -2.20. The Morgan fingerprint density at radius 2 is 2.04 bits per heavy atom. The molecule has 6 nitrogen and oxygen atoms in total. The summed E-state index contributed by atoms with van der Waals surface area (Å²) in [4.78, 5) is 16.8. The molecule has 1 amide bonds. The first-order valence-electron chi connectivity index (χ1n) is 7.75. The van der Waals surface area contributed by atoms with E-state index in [4.69, 9.17) is 0 Å². The number of hydrogen-bond donors (Lipinski definition) is 2. The molecule has 0 saturated carbocycles. The molecule has 0 unspecified atom stereocenters. The maximum Gasteiger partial charge on any atom is 0.276 e. The molecular weight excluding hydrogens is 330 g/mol. The van der Waals surface area contributed by atoms with E-state index in [0.29, 0.717) is 16.7 Å². The smallest absolute Gasteiger partial charge is 0.276 e. The van der Waals surface area contributed by atoms with Crippen LogP contribution in [0.4, 0.5) is 5.13 Å². The highest BCUT2D eigenvalue weighted by Gasteiger charge is 2.22. The zero-order valence-corrected chi connectivity index (χ0v) is 15.2. The Hall–Kier alpha value is -1.38. The van der Waals surface area contributed by atoms with Crippen LogP contribution in [-0.2, 0) is 5.41 Å². The van der Waals surface area contributed by atoms with E-state index in [0.717, 1.165) is 35.9 Å². The van der Waals surface area contributed by atoms with Gasteiger partial charge in [0.2, 0.25) is 5.13 Å². The number of aromatic nitrogens is 3. The largest absolute Gasteiger partial charge is 0.317 e. The summed E-state index contributed by atoms with van der Waals surface area (Å²) >= 11 is 2.98. The molecule has 3 rings (SSSR count). The second-order valence-electron chi connectivity index (χ2n) is 6.71. The third-order valence-electron chi connectivity index (χ3n) is 3.73. The first-order chi connectivity index (χ1) is 10.9. The molecule has 1 saturated heterocycles. The van der Waals surface area contributed by atoms with Gasteiger partial charge in [-0.2, -0.15) is 0 Å². The Bertz CT molecular complexity index is 682. The lowest BCUT2D eigenvalue weighted by molar-refractivity contribution is 0.102. The first kappa shape index (κ1) is 16.5. The maximum absolute atomic E-state index is 12.3. The molecule has 2 aromatic heterocycles. The normalized spacial score (nSPS) is 16.5. The zero-order chi connectivity index (χ0) is 16.4. The summed E-state index contributed by atoms with van der Waals surface area (Å²) in [5.41, 5.74) is 0.403. The Balaban J connectivity index is 1.66. The fourth-order valence-corrected chi connectivity index (χ4v) is 4.15. The minimum atomic E-state index is -0.210. The molecule has 1 aliphatic rings. The predicted molar refractivity (Wildman–Crippen MR) is 93.5 cm³/mol.